The molecule has 0 spiro atoms. The second-order valence-corrected chi connectivity index (χ2v) is 6.28. The molecule has 0 aliphatic heterocycles. The Hall–Kier alpha value is -1.60. The van der Waals surface area contributed by atoms with Crippen molar-refractivity contribution in [3.05, 3.63) is 52.8 Å². The van der Waals surface area contributed by atoms with Crippen LogP contribution in [0.3, 0.4) is 0 Å². The minimum Gasteiger partial charge on any atom is -0.399 e. The molecule has 2 aromatic rings. The van der Waals surface area contributed by atoms with E-state index in [1.807, 2.05) is 0 Å². The summed E-state index contributed by atoms with van der Waals surface area (Å²) >= 11 is 3.19. The Morgan fingerprint density at radius 1 is 1.16 bits per heavy atom. The van der Waals surface area contributed by atoms with Crippen molar-refractivity contribution in [1.29, 1.82) is 0 Å². The van der Waals surface area contributed by atoms with Gasteiger partial charge in [0.05, 0.1) is 5.69 Å². The molecule has 0 bridgehead atoms. The van der Waals surface area contributed by atoms with Crippen molar-refractivity contribution in [1.82, 2.24) is 0 Å². The molecule has 19 heavy (non-hydrogen) atoms. The van der Waals surface area contributed by atoms with E-state index in [9.17, 15) is 12.8 Å². The van der Waals surface area contributed by atoms with Crippen LogP contribution in [0.25, 0.3) is 0 Å². The van der Waals surface area contributed by atoms with Crippen LogP contribution in [0.2, 0.25) is 0 Å². The molecule has 0 saturated heterocycles. The maximum absolute atomic E-state index is 13.5. The topological polar surface area (TPSA) is 72.2 Å². The fourth-order valence-corrected chi connectivity index (χ4v) is 3.26. The number of nitrogens with one attached hydrogen (secondary N) is 1. The molecule has 4 nitrogen and oxygen atoms in total. The average Bonchev–Trinajstić information content (AvgIpc) is 2.33. The largest absolute Gasteiger partial charge is 0.399 e. The SMILES string of the molecule is Nc1ccc(NS(=O)(=O)c2ccccc2F)c(Br)c1. The first-order valence-corrected chi connectivity index (χ1v) is 7.50. The van der Waals surface area contributed by atoms with Gasteiger partial charge in [-0.15, -0.1) is 0 Å². The van der Waals surface area contributed by atoms with Crippen molar-refractivity contribution in [3.63, 3.8) is 0 Å². The number of sulfonamides is 1. The molecule has 2 aromatic carbocycles. The molecule has 0 unspecified atom stereocenters. The Labute approximate surface area is 118 Å². The molecule has 0 heterocycles. The molecule has 3 N–H and O–H groups in total. The first-order chi connectivity index (χ1) is 8.90. The maximum Gasteiger partial charge on any atom is 0.264 e. The highest BCUT2D eigenvalue weighted by atomic mass is 79.9. The molecular formula is C12H10BrFN2O2S. The van der Waals surface area contributed by atoms with Crippen LogP contribution in [0.5, 0.6) is 0 Å². The molecule has 0 saturated carbocycles. The Balaban J connectivity index is 2.40. The third-order valence-electron chi connectivity index (χ3n) is 2.36. The number of nitrogen functional groups attached to an aromatic ring is 1. The molecule has 2 rings (SSSR count). The van der Waals surface area contributed by atoms with Gasteiger partial charge in [-0.2, -0.15) is 0 Å². The summed E-state index contributed by atoms with van der Waals surface area (Å²) in [5, 5.41) is 0. The van der Waals surface area contributed by atoms with Gasteiger partial charge < -0.3 is 5.73 Å². The number of hydrogen-bond acceptors (Lipinski definition) is 3. The highest BCUT2D eigenvalue weighted by Crippen LogP contribution is 2.27. The predicted octanol–water partition coefficient (Wildman–Crippen LogP) is 2.97. The van der Waals surface area contributed by atoms with E-state index in [4.69, 9.17) is 5.73 Å². The quantitative estimate of drug-likeness (QED) is 0.840. The third-order valence-corrected chi connectivity index (χ3v) is 4.42. The monoisotopic (exact) mass is 344 g/mol. The summed E-state index contributed by atoms with van der Waals surface area (Å²) in [7, 11) is -3.98. The molecule has 100 valence electrons. The van der Waals surface area contributed by atoms with Gasteiger partial charge in [0, 0.05) is 10.2 Å². The molecule has 0 aliphatic carbocycles. The minimum absolute atomic E-state index is 0.289. The maximum atomic E-state index is 13.5. The Morgan fingerprint density at radius 2 is 1.84 bits per heavy atom. The van der Waals surface area contributed by atoms with Crippen molar-refractivity contribution in [3.8, 4) is 0 Å². The highest BCUT2D eigenvalue weighted by Gasteiger charge is 2.19. The average molecular weight is 345 g/mol. The zero-order valence-corrected chi connectivity index (χ0v) is 12.0. The van der Waals surface area contributed by atoms with Crippen molar-refractivity contribution in [2.45, 2.75) is 4.90 Å². The molecule has 0 atom stereocenters. The van der Waals surface area contributed by atoms with E-state index in [1.54, 1.807) is 12.1 Å². The molecule has 0 radical (unpaired) electrons. The van der Waals surface area contributed by atoms with E-state index in [0.717, 1.165) is 6.07 Å². The van der Waals surface area contributed by atoms with Gasteiger partial charge in [-0.3, -0.25) is 4.72 Å². The molecular weight excluding hydrogens is 335 g/mol. The summed E-state index contributed by atoms with van der Waals surface area (Å²) in [5.41, 5.74) is 6.34. The minimum atomic E-state index is -3.98. The smallest absolute Gasteiger partial charge is 0.264 e. The number of rotatable bonds is 3. The van der Waals surface area contributed by atoms with Crippen molar-refractivity contribution in [2.75, 3.05) is 10.5 Å². The van der Waals surface area contributed by atoms with E-state index < -0.39 is 20.7 Å². The molecule has 7 heteroatoms. The standard InChI is InChI=1S/C12H10BrFN2O2S/c13-9-7-8(15)5-6-11(9)16-19(17,18)12-4-2-1-3-10(12)14/h1-7,16H,15H2. The lowest BCUT2D eigenvalue weighted by Crippen LogP contribution is -2.14. The van der Waals surface area contributed by atoms with Crippen LogP contribution in [0.15, 0.2) is 51.8 Å². The van der Waals surface area contributed by atoms with Gasteiger partial charge in [0.2, 0.25) is 0 Å². The predicted molar refractivity (Wildman–Crippen MR) is 75.8 cm³/mol. The van der Waals surface area contributed by atoms with E-state index in [0.29, 0.717) is 10.2 Å². The fourth-order valence-electron chi connectivity index (χ4n) is 1.48. The Kier molecular flexibility index (Phi) is 3.77. The first-order valence-electron chi connectivity index (χ1n) is 5.22. The number of nitrogens with two attached hydrogens (primary N) is 1. The summed E-state index contributed by atoms with van der Waals surface area (Å²) in [4.78, 5) is -0.404. The van der Waals surface area contributed by atoms with Crippen LogP contribution >= 0.6 is 15.9 Å². The lowest BCUT2D eigenvalue weighted by atomic mass is 10.3. The van der Waals surface area contributed by atoms with E-state index >= 15 is 0 Å². The summed E-state index contributed by atoms with van der Waals surface area (Å²) < 4.78 is 40.4. The van der Waals surface area contributed by atoms with Crippen molar-refractivity contribution in [2.24, 2.45) is 0 Å². The lowest BCUT2D eigenvalue weighted by Gasteiger charge is -2.10. The van der Waals surface area contributed by atoms with Gasteiger partial charge in [0.15, 0.2) is 0 Å². The fraction of sp³-hybridized carbons (Fsp3) is 0. The van der Waals surface area contributed by atoms with E-state index in [1.165, 1.54) is 24.3 Å². The van der Waals surface area contributed by atoms with E-state index in [2.05, 4.69) is 20.7 Å². The van der Waals surface area contributed by atoms with Crippen LogP contribution < -0.4 is 10.5 Å². The molecule has 0 amide bonds. The van der Waals surface area contributed by atoms with Crippen LogP contribution in [-0.2, 0) is 10.0 Å². The van der Waals surface area contributed by atoms with Gasteiger partial charge in [-0.05, 0) is 46.3 Å². The van der Waals surface area contributed by atoms with Gasteiger partial charge in [-0.25, -0.2) is 12.8 Å². The normalized spacial score (nSPS) is 11.3. The summed E-state index contributed by atoms with van der Waals surface area (Å²) in [6.45, 7) is 0. The first kappa shape index (κ1) is 13.8. The van der Waals surface area contributed by atoms with Crippen LogP contribution in [-0.4, -0.2) is 8.42 Å². The molecule has 0 aromatic heterocycles. The number of benzene rings is 2. The van der Waals surface area contributed by atoms with Gasteiger partial charge in [-0.1, -0.05) is 12.1 Å². The highest BCUT2D eigenvalue weighted by molar-refractivity contribution is 9.10. The van der Waals surface area contributed by atoms with Crippen LogP contribution in [0, 0.1) is 5.82 Å². The second-order valence-electron chi connectivity index (χ2n) is 3.78. The number of halogens is 2. The number of hydrogen-bond donors (Lipinski definition) is 2. The zero-order valence-electron chi connectivity index (χ0n) is 9.60. The zero-order chi connectivity index (χ0) is 14.0. The van der Waals surface area contributed by atoms with Crippen molar-refractivity contribution < 1.29 is 12.8 Å². The second kappa shape index (κ2) is 5.18. The summed E-state index contributed by atoms with van der Waals surface area (Å²) in [5.74, 6) is -0.804. The number of anilines is 2. The van der Waals surface area contributed by atoms with Crippen molar-refractivity contribution >= 4 is 37.3 Å². The summed E-state index contributed by atoms with van der Waals surface area (Å²) in [6, 6.07) is 9.76. The molecule has 0 aliphatic rings. The summed E-state index contributed by atoms with van der Waals surface area (Å²) in [6.07, 6.45) is 0. The Morgan fingerprint density at radius 3 is 2.47 bits per heavy atom. The third kappa shape index (κ3) is 3.05. The van der Waals surface area contributed by atoms with Crippen LogP contribution in [0.4, 0.5) is 15.8 Å². The Bertz CT molecular complexity index is 719. The van der Waals surface area contributed by atoms with E-state index in [-0.39, 0.29) is 5.69 Å². The van der Waals surface area contributed by atoms with Gasteiger partial charge in [0.25, 0.3) is 10.0 Å². The van der Waals surface area contributed by atoms with Gasteiger partial charge >= 0.3 is 0 Å². The van der Waals surface area contributed by atoms with Gasteiger partial charge in [0.1, 0.15) is 10.7 Å². The lowest BCUT2D eigenvalue weighted by molar-refractivity contribution is 0.570. The van der Waals surface area contributed by atoms with Crippen LogP contribution in [0.1, 0.15) is 0 Å². The molecule has 0 fully saturated rings.